The summed E-state index contributed by atoms with van der Waals surface area (Å²) in [4.78, 5) is 41.6. The van der Waals surface area contributed by atoms with E-state index in [9.17, 15) is 14.4 Å². The van der Waals surface area contributed by atoms with Gasteiger partial charge >= 0.3 is 12.2 Å². The van der Waals surface area contributed by atoms with E-state index in [4.69, 9.17) is 14.6 Å². The normalized spacial score (nSPS) is 16.5. The van der Waals surface area contributed by atoms with E-state index < -0.39 is 17.8 Å². The Bertz CT molecular complexity index is 1400. The maximum atomic E-state index is 13.0. The maximum Gasteiger partial charge on any atom is 0.411 e. The summed E-state index contributed by atoms with van der Waals surface area (Å²) >= 11 is 0. The van der Waals surface area contributed by atoms with E-state index in [-0.39, 0.29) is 24.7 Å². The number of hydrogen-bond acceptors (Lipinski definition) is 7. The van der Waals surface area contributed by atoms with Gasteiger partial charge < -0.3 is 25.2 Å². The van der Waals surface area contributed by atoms with Crippen LogP contribution >= 0.6 is 0 Å². The van der Waals surface area contributed by atoms with E-state index in [0.717, 1.165) is 16.7 Å². The Morgan fingerprint density at radius 1 is 0.932 bits per heavy atom. The second-order valence-electron chi connectivity index (χ2n) is 12.0. The molecule has 0 atom stereocenters. The number of aryl methyl sites for hydroxylation is 1. The Balaban J connectivity index is 1.31. The van der Waals surface area contributed by atoms with E-state index in [1.54, 1.807) is 12.1 Å². The Hall–Kier alpha value is -4.44. The quantitative estimate of drug-likeness (QED) is 0.205. The molecule has 0 saturated heterocycles. The third-order valence-corrected chi connectivity index (χ3v) is 7.21. The van der Waals surface area contributed by atoms with Crippen LogP contribution in [0.5, 0.6) is 0 Å². The van der Waals surface area contributed by atoms with Crippen molar-refractivity contribution in [1.29, 1.82) is 0 Å². The number of aromatic nitrogens is 1. The van der Waals surface area contributed by atoms with Crippen LogP contribution in [0.25, 0.3) is 11.1 Å². The van der Waals surface area contributed by atoms with Crippen molar-refractivity contribution < 1.29 is 29.0 Å². The largest absolute Gasteiger partial charge is 0.446 e. The summed E-state index contributed by atoms with van der Waals surface area (Å²) in [7, 11) is 0. The fourth-order valence-corrected chi connectivity index (χ4v) is 5.08. The summed E-state index contributed by atoms with van der Waals surface area (Å²) in [5.41, 5.74) is 4.01. The van der Waals surface area contributed by atoms with Crippen molar-refractivity contribution in [3.05, 3.63) is 78.1 Å². The second-order valence-corrected chi connectivity index (χ2v) is 12.0. The second kappa shape index (κ2) is 15.3. The van der Waals surface area contributed by atoms with Crippen LogP contribution in [0.3, 0.4) is 0 Å². The Morgan fingerprint density at radius 2 is 1.68 bits per heavy atom. The minimum atomic E-state index is -0.556. The molecule has 0 radical (unpaired) electrons. The molecule has 10 nitrogen and oxygen atoms in total. The molecule has 4 rings (SSSR count). The molecule has 3 aromatic rings. The molecule has 1 aromatic heterocycles. The summed E-state index contributed by atoms with van der Waals surface area (Å²) in [6.07, 6.45) is 4.57. The molecule has 10 heteroatoms. The van der Waals surface area contributed by atoms with Gasteiger partial charge in [0.15, 0.2) is 0 Å². The van der Waals surface area contributed by atoms with Crippen LogP contribution in [0, 0.1) is 0 Å². The molecule has 234 valence electrons. The lowest BCUT2D eigenvalue weighted by atomic mass is 9.93. The fourth-order valence-electron chi connectivity index (χ4n) is 5.08. The lowest BCUT2D eigenvalue weighted by Crippen LogP contribution is -2.42. The van der Waals surface area contributed by atoms with E-state index >= 15 is 0 Å². The summed E-state index contributed by atoms with van der Waals surface area (Å²) in [5.74, 6) is -0.123. The number of rotatable bonds is 10. The number of ether oxygens (including phenoxy) is 2. The smallest absolute Gasteiger partial charge is 0.411 e. The summed E-state index contributed by atoms with van der Waals surface area (Å²) in [6.45, 7) is 5.33. The van der Waals surface area contributed by atoms with Gasteiger partial charge in [0.05, 0.1) is 29.9 Å². The van der Waals surface area contributed by atoms with Crippen LogP contribution in [-0.2, 0) is 27.3 Å². The highest BCUT2D eigenvalue weighted by molar-refractivity contribution is 5.92. The van der Waals surface area contributed by atoms with Gasteiger partial charge in [0.25, 0.3) is 0 Å². The minimum Gasteiger partial charge on any atom is -0.446 e. The van der Waals surface area contributed by atoms with Crippen molar-refractivity contribution in [2.75, 3.05) is 10.6 Å². The number of carbonyl (C=O) groups excluding carboxylic acids is 3. The zero-order valence-corrected chi connectivity index (χ0v) is 25.6. The van der Waals surface area contributed by atoms with Gasteiger partial charge in [0, 0.05) is 18.0 Å². The molecule has 1 saturated carbocycles. The molecular weight excluding hydrogens is 560 g/mol. The highest BCUT2D eigenvalue weighted by Crippen LogP contribution is 2.30. The van der Waals surface area contributed by atoms with Crippen molar-refractivity contribution >= 4 is 29.5 Å². The predicted octanol–water partition coefficient (Wildman–Crippen LogP) is 6.59. The molecule has 3 amide bonds. The van der Waals surface area contributed by atoms with Gasteiger partial charge in [0.1, 0.15) is 11.7 Å². The monoisotopic (exact) mass is 602 g/mol. The fraction of sp³-hybridized carbons (Fsp3) is 0.412. The van der Waals surface area contributed by atoms with E-state index in [1.807, 2.05) is 69.3 Å². The molecule has 2 aromatic carbocycles. The Morgan fingerprint density at radius 3 is 2.34 bits per heavy atom. The Labute approximate surface area is 258 Å². The molecule has 0 bridgehead atoms. The number of pyridine rings is 1. The van der Waals surface area contributed by atoms with Crippen LogP contribution in [0.15, 0.2) is 66.9 Å². The molecule has 1 heterocycles. The molecule has 1 aliphatic rings. The topological polar surface area (TPSA) is 139 Å². The number of benzene rings is 2. The van der Waals surface area contributed by atoms with E-state index in [2.05, 4.69) is 20.9 Å². The maximum absolute atomic E-state index is 13.0. The van der Waals surface area contributed by atoms with Gasteiger partial charge in [-0.2, -0.15) is 0 Å². The first kappa shape index (κ1) is 32.5. The predicted molar refractivity (Wildman–Crippen MR) is 169 cm³/mol. The zero-order chi connectivity index (χ0) is 31.5. The highest BCUT2D eigenvalue weighted by atomic mass is 16.6. The van der Waals surface area contributed by atoms with Crippen LogP contribution in [0.1, 0.15) is 70.6 Å². The number of anilines is 2. The number of amides is 3. The third kappa shape index (κ3) is 10.4. The first-order valence-corrected chi connectivity index (χ1v) is 15.1. The van der Waals surface area contributed by atoms with Crippen LogP contribution in [-0.4, -0.2) is 45.9 Å². The van der Waals surface area contributed by atoms with Crippen LogP contribution < -0.4 is 16.0 Å². The standard InChI is InChI=1S/C34H42N4O6/c1-34(2,3)44-33(42)37-25-15-17-28(18-16-25)43-32(41)38-30-20-23(12-19-29(30)24-9-5-4-6-10-24)8-7-11-31(40)36-26-13-14-27(22-39)35-21-26/h4-6,9-10,12-14,19-21,25,28,39H,7-8,11,15-18,22H2,1-3H3,(H,36,40)(H,37,42)(H,38,41). The molecule has 0 aliphatic heterocycles. The van der Waals surface area contributed by atoms with E-state index in [1.165, 1.54) is 6.20 Å². The molecule has 44 heavy (non-hydrogen) atoms. The number of aliphatic hydroxyl groups excluding tert-OH is 1. The van der Waals surface area contributed by atoms with Crippen molar-refractivity contribution in [2.45, 2.75) is 90.1 Å². The number of hydrogen-bond donors (Lipinski definition) is 4. The summed E-state index contributed by atoms with van der Waals surface area (Å²) in [5, 5.41) is 17.8. The van der Waals surface area contributed by atoms with Crippen molar-refractivity contribution in [2.24, 2.45) is 0 Å². The average molecular weight is 603 g/mol. The summed E-state index contributed by atoms with van der Waals surface area (Å²) < 4.78 is 11.1. The van der Waals surface area contributed by atoms with Crippen molar-refractivity contribution in [1.82, 2.24) is 10.3 Å². The van der Waals surface area contributed by atoms with Gasteiger partial charge in [-0.3, -0.25) is 15.1 Å². The number of carbonyl (C=O) groups is 3. The molecule has 1 aliphatic carbocycles. The molecule has 4 N–H and O–H groups in total. The van der Waals surface area contributed by atoms with E-state index in [0.29, 0.717) is 62.0 Å². The first-order chi connectivity index (χ1) is 21.1. The zero-order valence-electron chi connectivity index (χ0n) is 25.6. The van der Waals surface area contributed by atoms with Crippen LogP contribution in [0.2, 0.25) is 0 Å². The number of aliphatic hydroxyl groups is 1. The number of nitrogens with zero attached hydrogens (tertiary/aromatic N) is 1. The van der Waals surface area contributed by atoms with Crippen molar-refractivity contribution in [3.8, 4) is 11.1 Å². The third-order valence-electron chi connectivity index (χ3n) is 7.21. The van der Waals surface area contributed by atoms with Gasteiger partial charge in [-0.05, 0) is 88.6 Å². The molecule has 1 fully saturated rings. The average Bonchev–Trinajstić information content (AvgIpc) is 2.98. The van der Waals surface area contributed by atoms with Crippen LogP contribution in [0.4, 0.5) is 21.0 Å². The number of nitrogens with one attached hydrogen (secondary N) is 3. The SMILES string of the molecule is CC(C)(C)OC(=O)NC1CCC(OC(=O)Nc2cc(CCCC(=O)Nc3ccc(CO)nc3)ccc2-c2ccccc2)CC1. The van der Waals surface area contributed by atoms with Gasteiger partial charge in [-0.1, -0.05) is 42.5 Å². The lowest BCUT2D eigenvalue weighted by molar-refractivity contribution is -0.116. The molecular formula is C34H42N4O6. The lowest BCUT2D eigenvalue weighted by Gasteiger charge is -2.30. The minimum absolute atomic E-state index is 0.0142. The van der Waals surface area contributed by atoms with Gasteiger partial charge in [-0.15, -0.1) is 0 Å². The first-order valence-electron chi connectivity index (χ1n) is 15.1. The summed E-state index contributed by atoms with van der Waals surface area (Å²) in [6, 6.07) is 19.1. The van der Waals surface area contributed by atoms with Gasteiger partial charge in [-0.25, -0.2) is 9.59 Å². The Kier molecular flexibility index (Phi) is 11.3. The highest BCUT2D eigenvalue weighted by Gasteiger charge is 2.27. The van der Waals surface area contributed by atoms with Crippen molar-refractivity contribution in [3.63, 3.8) is 0 Å². The number of alkyl carbamates (subject to hydrolysis) is 1. The molecule has 0 spiro atoms. The van der Waals surface area contributed by atoms with Gasteiger partial charge in [0.2, 0.25) is 5.91 Å². The molecule has 0 unspecified atom stereocenters.